The topological polar surface area (TPSA) is 164 Å². The van der Waals surface area contributed by atoms with Gasteiger partial charge in [-0.3, -0.25) is 18.6 Å². The third-order valence-corrected chi connectivity index (χ3v) is 7.36. The number of ether oxygens (including phenoxy) is 1. The number of hydrogen-bond donors (Lipinski definition) is 3. The van der Waals surface area contributed by atoms with E-state index in [1.54, 1.807) is 35.3 Å². The van der Waals surface area contributed by atoms with Crippen LogP contribution in [0.15, 0.2) is 43.1 Å². The van der Waals surface area contributed by atoms with Gasteiger partial charge in [-0.1, -0.05) is 6.07 Å². The lowest BCUT2D eigenvalue weighted by Crippen LogP contribution is -2.44. The van der Waals surface area contributed by atoms with Crippen LogP contribution in [0.4, 0.5) is 5.82 Å². The minimum atomic E-state index is -3.93. The molecule has 0 radical (unpaired) electrons. The number of rotatable bonds is 5. The molecular weight excluding hydrogens is 453 g/mol. The quantitative estimate of drug-likeness (QED) is 0.458. The number of fused-ring (bicyclic) bond motifs is 1. The lowest BCUT2D eigenvalue weighted by molar-refractivity contribution is -0.0950. The Hall–Kier alpha value is -2.44. The molecule has 0 spiro atoms. The zero-order valence-electron chi connectivity index (χ0n) is 17.7. The van der Waals surface area contributed by atoms with Crippen molar-refractivity contribution in [3.05, 3.63) is 48.7 Å². The van der Waals surface area contributed by atoms with Crippen molar-refractivity contribution in [2.24, 2.45) is 0 Å². The van der Waals surface area contributed by atoms with Gasteiger partial charge in [-0.15, -0.1) is 0 Å². The zero-order chi connectivity index (χ0) is 23.2. The Labute approximate surface area is 188 Å². The first-order valence-corrected chi connectivity index (χ1v) is 11.8. The molecule has 0 aliphatic carbocycles. The Kier molecular flexibility index (Phi) is 5.69. The molecule has 2 fully saturated rings. The number of anilines is 1. The van der Waals surface area contributed by atoms with Crippen LogP contribution in [-0.4, -0.2) is 60.8 Å². The summed E-state index contributed by atoms with van der Waals surface area (Å²) in [6.07, 6.45) is 2.81. The Bertz CT molecular complexity index is 1190. The van der Waals surface area contributed by atoms with Crippen molar-refractivity contribution < 1.29 is 33.1 Å². The van der Waals surface area contributed by atoms with Gasteiger partial charge >= 0.3 is 7.82 Å². The first-order chi connectivity index (χ1) is 15.8. The highest BCUT2D eigenvalue weighted by Crippen LogP contribution is 2.57. The molecule has 0 bridgehead atoms. The molecule has 0 aromatic carbocycles. The Morgan fingerprint density at radius 3 is 3.03 bits per heavy atom. The maximum Gasteiger partial charge on any atom is 0.475 e. The van der Waals surface area contributed by atoms with Crippen LogP contribution < -0.4 is 5.73 Å². The molecule has 5 heterocycles. The van der Waals surface area contributed by atoms with E-state index in [0.29, 0.717) is 17.5 Å². The van der Waals surface area contributed by atoms with E-state index in [-0.39, 0.29) is 19.0 Å². The largest absolute Gasteiger partial charge is 0.475 e. The second-order valence-electron chi connectivity index (χ2n) is 8.16. The molecule has 0 amide bonds. The van der Waals surface area contributed by atoms with Crippen molar-refractivity contribution >= 4 is 24.7 Å². The molecule has 0 saturated carbocycles. The highest BCUT2D eigenvalue weighted by atomic mass is 31.2. The Morgan fingerprint density at radius 2 is 2.24 bits per heavy atom. The predicted octanol–water partition coefficient (Wildman–Crippen LogP) is 1.72. The van der Waals surface area contributed by atoms with E-state index in [1.165, 1.54) is 13.3 Å². The van der Waals surface area contributed by atoms with Crippen LogP contribution in [0.25, 0.3) is 11.0 Å². The second kappa shape index (κ2) is 8.41. The van der Waals surface area contributed by atoms with Crippen molar-refractivity contribution in [2.45, 2.75) is 43.5 Å². The minimum Gasteiger partial charge on any atom is -0.387 e. The number of aliphatic hydroxyl groups excluding tert-OH is 1. The fourth-order valence-corrected chi connectivity index (χ4v) is 5.49. The maximum absolute atomic E-state index is 13.0. The number of nitrogen functional groups attached to an aromatic ring is 1. The molecule has 3 aromatic heterocycles. The summed E-state index contributed by atoms with van der Waals surface area (Å²) in [5, 5.41) is 22.4. The zero-order valence-corrected chi connectivity index (χ0v) is 18.6. The van der Waals surface area contributed by atoms with Crippen LogP contribution in [0.1, 0.15) is 31.2 Å². The molecule has 4 N–H and O–H groups in total. The van der Waals surface area contributed by atoms with E-state index in [9.17, 15) is 14.8 Å². The van der Waals surface area contributed by atoms with Gasteiger partial charge in [0.05, 0.1) is 24.7 Å². The molecule has 2 saturated heterocycles. The SMILES string of the molecule is C[C@@]1(O)[C@H](O)[C@@H](COP2(=O)OCC[C@@H](c3cccnc3)O2)O[C@H]1n1ccc2c(N)ncnc21. The third-order valence-electron chi connectivity index (χ3n) is 5.89. The molecule has 1 unspecified atom stereocenters. The van der Waals surface area contributed by atoms with Crippen molar-refractivity contribution in [1.29, 1.82) is 0 Å². The van der Waals surface area contributed by atoms with Crippen molar-refractivity contribution in [3.8, 4) is 0 Å². The fourth-order valence-electron chi connectivity index (χ4n) is 4.09. The van der Waals surface area contributed by atoms with Gasteiger partial charge in [0.2, 0.25) is 0 Å². The monoisotopic (exact) mass is 477 g/mol. The number of aromatic nitrogens is 4. The number of aliphatic hydroxyl groups is 2. The summed E-state index contributed by atoms with van der Waals surface area (Å²) in [6.45, 7) is 1.27. The van der Waals surface area contributed by atoms with Crippen LogP contribution in [0.2, 0.25) is 0 Å². The van der Waals surface area contributed by atoms with Crippen LogP contribution in [0, 0.1) is 0 Å². The molecule has 2 aliphatic rings. The third kappa shape index (κ3) is 4.04. The fraction of sp³-hybridized carbons (Fsp3) is 0.450. The van der Waals surface area contributed by atoms with Gasteiger partial charge in [-0.25, -0.2) is 14.5 Å². The second-order valence-corrected chi connectivity index (χ2v) is 9.78. The van der Waals surface area contributed by atoms with E-state index < -0.39 is 38.0 Å². The van der Waals surface area contributed by atoms with E-state index in [4.69, 9.17) is 24.0 Å². The van der Waals surface area contributed by atoms with Gasteiger partial charge in [0.1, 0.15) is 35.6 Å². The smallest absolute Gasteiger partial charge is 0.387 e. The summed E-state index contributed by atoms with van der Waals surface area (Å²) in [5.41, 5.74) is 5.37. The summed E-state index contributed by atoms with van der Waals surface area (Å²) in [5.74, 6) is 0.282. The summed E-state index contributed by atoms with van der Waals surface area (Å²) in [4.78, 5) is 12.2. The summed E-state index contributed by atoms with van der Waals surface area (Å²) >= 11 is 0. The van der Waals surface area contributed by atoms with E-state index in [0.717, 1.165) is 5.56 Å². The lowest BCUT2D eigenvalue weighted by atomic mass is 9.96. The van der Waals surface area contributed by atoms with Crippen LogP contribution in [-0.2, 0) is 22.9 Å². The molecule has 13 heteroatoms. The van der Waals surface area contributed by atoms with Gasteiger partial charge in [0.25, 0.3) is 0 Å². The number of phosphoric ester groups is 1. The number of hydrogen-bond acceptors (Lipinski definition) is 11. The average molecular weight is 477 g/mol. The molecule has 33 heavy (non-hydrogen) atoms. The van der Waals surface area contributed by atoms with Crippen LogP contribution in [0.5, 0.6) is 0 Å². The van der Waals surface area contributed by atoms with Gasteiger partial charge < -0.3 is 25.3 Å². The van der Waals surface area contributed by atoms with Gasteiger partial charge in [-0.05, 0) is 24.6 Å². The summed E-state index contributed by atoms with van der Waals surface area (Å²) < 4.78 is 36.9. The van der Waals surface area contributed by atoms with Crippen molar-refractivity contribution in [1.82, 2.24) is 19.5 Å². The first kappa shape index (κ1) is 22.4. The van der Waals surface area contributed by atoms with Crippen molar-refractivity contribution in [3.63, 3.8) is 0 Å². The van der Waals surface area contributed by atoms with Gasteiger partial charge in [0.15, 0.2) is 6.23 Å². The highest BCUT2D eigenvalue weighted by molar-refractivity contribution is 7.48. The maximum atomic E-state index is 13.0. The minimum absolute atomic E-state index is 0.168. The Balaban J connectivity index is 1.31. The number of phosphoric acid groups is 1. The molecule has 12 nitrogen and oxygen atoms in total. The van der Waals surface area contributed by atoms with Gasteiger partial charge in [0, 0.05) is 25.0 Å². The van der Waals surface area contributed by atoms with Crippen LogP contribution in [0.3, 0.4) is 0 Å². The molecule has 5 rings (SSSR count). The normalized spacial score (nSPS) is 34.6. The molecule has 6 atom stereocenters. The molecule has 3 aromatic rings. The number of nitrogens with two attached hydrogens (primary N) is 1. The summed E-state index contributed by atoms with van der Waals surface area (Å²) in [6, 6.07) is 5.27. The standard InChI is InChI=1S/C20H24N5O7P/c1-20(27)16(26)15(31-19(20)25-7-4-13-17(21)23-11-24-18(13)25)10-30-33(28)29-8-5-14(32-33)12-3-2-6-22-9-12/h2-4,6-7,9,11,14-16,19,26-27H,5,8,10H2,1H3,(H2,21,23,24)/t14-,15+,16+,19+,20+,33?/m0/s1. The highest BCUT2D eigenvalue weighted by Gasteiger charge is 2.54. The Morgan fingerprint density at radius 1 is 1.39 bits per heavy atom. The average Bonchev–Trinajstić information content (AvgIpc) is 3.33. The van der Waals surface area contributed by atoms with E-state index in [2.05, 4.69) is 15.0 Å². The van der Waals surface area contributed by atoms with Crippen LogP contribution >= 0.6 is 7.82 Å². The molecular formula is C20H24N5O7P. The predicted molar refractivity (Wildman–Crippen MR) is 115 cm³/mol. The number of pyridine rings is 1. The molecule has 176 valence electrons. The summed E-state index contributed by atoms with van der Waals surface area (Å²) in [7, 11) is -3.93. The van der Waals surface area contributed by atoms with E-state index in [1.807, 2.05) is 6.07 Å². The molecule has 2 aliphatic heterocycles. The van der Waals surface area contributed by atoms with Gasteiger partial charge in [-0.2, -0.15) is 0 Å². The lowest BCUT2D eigenvalue weighted by Gasteiger charge is -2.30. The van der Waals surface area contributed by atoms with Crippen molar-refractivity contribution in [2.75, 3.05) is 18.9 Å². The first-order valence-electron chi connectivity index (χ1n) is 10.4. The number of nitrogens with zero attached hydrogens (tertiary/aromatic N) is 4. The van der Waals surface area contributed by atoms with E-state index >= 15 is 0 Å².